The number of fused-ring (bicyclic) bond motifs is 3. The minimum absolute atomic E-state index is 0.117. The number of allylic oxidation sites excluding steroid dienone is 1. The number of nitrogens with two attached hydrogens (primary N) is 2. The van der Waals surface area contributed by atoms with Gasteiger partial charge in [0.1, 0.15) is 35.3 Å². The van der Waals surface area contributed by atoms with E-state index in [9.17, 15) is 14.4 Å². The predicted octanol–water partition coefficient (Wildman–Crippen LogP) is 3.04. The summed E-state index contributed by atoms with van der Waals surface area (Å²) in [6.45, 7) is 2.12. The van der Waals surface area contributed by atoms with Gasteiger partial charge < -0.3 is 35.9 Å². The van der Waals surface area contributed by atoms with Crippen molar-refractivity contribution < 1.29 is 28.6 Å². The van der Waals surface area contributed by atoms with Crippen LogP contribution in [0.2, 0.25) is 0 Å². The maximum Gasteiger partial charge on any atom is 0.243 e. The van der Waals surface area contributed by atoms with E-state index >= 15 is 0 Å². The maximum atomic E-state index is 13.8. The number of nitrogens with one attached hydrogen (secondary N) is 1. The summed E-state index contributed by atoms with van der Waals surface area (Å²) in [4.78, 5) is 46.3. The average Bonchev–Trinajstić information content (AvgIpc) is 3.52. The van der Waals surface area contributed by atoms with Gasteiger partial charge in [-0.05, 0) is 64.0 Å². The Kier molecular flexibility index (Phi) is 8.41. The monoisotopic (exact) mass is 605 g/mol. The molecule has 11 nitrogen and oxygen atoms in total. The fraction of sp³-hybridized carbons (Fsp3) is 0.576. The van der Waals surface area contributed by atoms with E-state index in [2.05, 4.69) is 11.4 Å². The molecule has 0 spiro atoms. The molecule has 4 aliphatic rings. The highest BCUT2D eigenvalue weighted by atomic mass is 16.5. The highest BCUT2D eigenvalue weighted by Crippen LogP contribution is 2.45. The van der Waals surface area contributed by atoms with Crippen LogP contribution in [0.1, 0.15) is 69.8 Å². The number of aromatic nitrogens is 1. The molecule has 2 aliphatic carbocycles. The molecular weight excluding hydrogens is 562 g/mol. The Bertz CT molecular complexity index is 1470. The third kappa shape index (κ3) is 5.81. The molecule has 3 fully saturated rings. The minimum atomic E-state index is -1.14. The third-order valence-electron chi connectivity index (χ3n) is 9.70. The lowest BCUT2D eigenvalue weighted by Gasteiger charge is -2.28. The molecule has 44 heavy (non-hydrogen) atoms. The van der Waals surface area contributed by atoms with Crippen molar-refractivity contribution >= 4 is 28.6 Å². The molecule has 5 N–H and O–H groups in total. The van der Waals surface area contributed by atoms with Crippen LogP contribution in [0.3, 0.4) is 0 Å². The average molecular weight is 606 g/mol. The molecule has 0 unspecified atom stereocenters. The van der Waals surface area contributed by atoms with E-state index in [0.717, 1.165) is 55.9 Å². The summed E-state index contributed by atoms with van der Waals surface area (Å²) >= 11 is 0. The van der Waals surface area contributed by atoms with E-state index in [1.165, 1.54) is 4.90 Å². The first kappa shape index (κ1) is 30.2. The fourth-order valence-corrected chi connectivity index (χ4v) is 6.66. The van der Waals surface area contributed by atoms with Crippen molar-refractivity contribution in [3.8, 4) is 17.4 Å². The van der Waals surface area contributed by atoms with Crippen LogP contribution in [0.5, 0.6) is 17.4 Å². The van der Waals surface area contributed by atoms with Crippen LogP contribution in [-0.2, 0) is 14.4 Å². The molecule has 236 valence electrons. The first-order valence-corrected chi connectivity index (χ1v) is 15.9. The zero-order valence-electron chi connectivity index (χ0n) is 25.6. The van der Waals surface area contributed by atoms with Crippen molar-refractivity contribution in [3.05, 3.63) is 35.9 Å². The molecule has 0 bridgehead atoms. The first-order chi connectivity index (χ1) is 21.2. The molecule has 11 heteroatoms. The summed E-state index contributed by atoms with van der Waals surface area (Å²) in [5.74, 6) is 0.282. The molecule has 0 radical (unpaired) electrons. The number of rotatable bonds is 6. The number of pyridine rings is 1. The molecule has 2 saturated carbocycles. The Labute approximate surface area is 257 Å². The van der Waals surface area contributed by atoms with Gasteiger partial charge in [0.15, 0.2) is 0 Å². The summed E-state index contributed by atoms with van der Waals surface area (Å²) < 4.78 is 18.3. The second-order valence-corrected chi connectivity index (χ2v) is 12.7. The summed E-state index contributed by atoms with van der Waals surface area (Å²) in [5.41, 5.74) is 12.6. The van der Waals surface area contributed by atoms with Crippen molar-refractivity contribution in [3.63, 3.8) is 0 Å². The molecule has 1 aromatic heterocycles. The quantitative estimate of drug-likeness (QED) is 0.424. The molecule has 1 aromatic carbocycles. The zero-order chi connectivity index (χ0) is 31.0. The topological polar surface area (TPSA) is 159 Å². The fourth-order valence-electron chi connectivity index (χ4n) is 6.66. The molecular formula is C33H43N5O6. The lowest BCUT2D eigenvalue weighted by Crippen LogP contribution is -2.56. The second-order valence-electron chi connectivity index (χ2n) is 12.7. The molecule has 6 rings (SSSR count). The number of benzene rings is 1. The number of hydrogen-bond donors (Lipinski definition) is 3. The van der Waals surface area contributed by atoms with Crippen molar-refractivity contribution in [2.75, 3.05) is 13.7 Å². The van der Waals surface area contributed by atoms with Crippen molar-refractivity contribution in [1.82, 2.24) is 15.2 Å². The summed E-state index contributed by atoms with van der Waals surface area (Å²) in [7, 11) is 1.62. The van der Waals surface area contributed by atoms with Gasteiger partial charge in [0.2, 0.25) is 23.6 Å². The molecule has 1 saturated heterocycles. The van der Waals surface area contributed by atoms with Gasteiger partial charge in [-0.2, -0.15) is 0 Å². The Balaban J connectivity index is 1.30. The van der Waals surface area contributed by atoms with E-state index in [1.54, 1.807) is 13.2 Å². The van der Waals surface area contributed by atoms with Crippen LogP contribution in [0.4, 0.5) is 0 Å². The summed E-state index contributed by atoms with van der Waals surface area (Å²) in [5, 5.41) is 3.70. The number of methoxy groups -OCH3 is 1. The van der Waals surface area contributed by atoms with Crippen LogP contribution in [0.15, 0.2) is 30.4 Å². The van der Waals surface area contributed by atoms with Crippen molar-refractivity contribution in [2.24, 2.45) is 17.4 Å². The van der Waals surface area contributed by atoms with Crippen molar-refractivity contribution in [1.29, 1.82) is 0 Å². The van der Waals surface area contributed by atoms with E-state index in [1.807, 2.05) is 25.1 Å². The lowest BCUT2D eigenvalue weighted by atomic mass is 9.96. The Morgan fingerprint density at radius 2 is 1.89 bits per heavy atom. The van der Waals surface area contributed by atoms with Gasteiger partial charge >= 0.3 is 0 Å². The highest BCUT2D eigenvalue weighted by molar-refractivity contribution is 5.97. The Morgan fingerprint density at radius 3 is 2.61 bits per heavy atom. The normalized spacial score (nSPS) is 30.2. The number of carbonyl (C=O) groups excluding carboxylic acids is 3. The van der Waals surface area contributed by atoms with Gasteiger partial charge in [0, 0.05) is 29.4 Å². The van der Waals surface area contributed by atoms with E-state index in [4.69, 9.17) is 30.7 Å². The van der Waals surface area contributed by atoms with Crippen LogP contribution >= 0.6 is 0 Å². The third-order valence-corrected chi connectivity index (χ3v) is 9.70. The highest BCUT2D eigenvalue weighted by Gasteiger charge is 2.60. The van der Waals surface area contributed by atoms with Gasteiger partial charge in [-0.3, -0.25) is 14.4 Å². The van der Waals surface area contributed by atoms with Crippen LogP contribution < -0.4 is 31.0 Å². The number of nitrogens with zero attached hydrogens (tertiary/aromatic N) is 2. The van der Waals surface area contributed by atoms with Crippen LogP contribution in [0.25, 0.3) is 10.9 Å². The zero-order valence-corrected chi connectivity index (χ0v) is 25.6. The van der Waals surface area contributed by atoms with Crippen LogP contribution in [-0.4, -0.2) is 71.1 Å². The molecule has 2 aliphatic heterocycles. The maximum absolute atomic E-state index is 13.8. The number of primary amides is 1. The lowest BCUT2D eigenvalue weighted by molar-refractivity contribution is -0.140. The number of ether oxygens (including phenoxy) is 3. The van der Waals surface area contributed by atoms with Gasteiger partial charge in [0.05, 0.1) is 25.2 Å². The minimum Gasteiger partial charge on any atom is -0.496 e. The Morgan fingerprint density at radius 1 is 1.07 bits per heavy atom. The number of aryl methyl sites for hydroxylation is 1. The van der Waals surface area contributed by atoms with Gasteiger partial charge in [-0.15, -0.1) is 0 Å². The summed E-state index contributed by atoms with van der Waals surface area (Å²) in [6.07, 6.45) is 11.5. The van der Waals surface area contributed by atoms with E-state index in [0.29, 0.717) is 35.7 Å². The predicted molar refractivity (Wildman–Crippen MR) is 164 cm³/mol. The number of carbonyl (C=O) groups is 3. The molecule has 3 amide bonds. The number of hydrogen-bond acceptors (Lipinski definition) is 8. The largest absolute Gasteiger partial charge is 0.496 e. The molecule has 5 atom stereocenters. The van der Waals surface area contributed by atoms with E-state index < -0.39 is 35.5 Å². The standard InChI is InChI=1S/C33H43N5O6/c1-19-26(42-2)14-13-23-27(16-28(36-29(19)23)44-21-10-8-11-21)43-22-15-25-30(39)37-33(32(35)41)17-20(33)9-6-4-3-5-7-12-24(34)31(40)38(25)18-22/h6,9,13-14,16,20-22,24-25H,3-5,7-8,10-12,15,17-18,34H2,1-2H3,(H2,35,41)(H,37,39)/b9-6-/t20-,22-,24+,25+,33-/m1/s1. The SMILES string of the molecule is COc1ccc2c(O[C@@H]3C[C@H]4C(=O)N[C@]5(C(N)=O)C[C@H]5/C=C\CCCCC[C@H](N)C(=O)N4C3)cc(OC3CCC3)nc2c1C. The second kappa shape index (κ2) is 12.3. The van der Waals surface area contributed by atoms with Gasteiger partial charge in [-0.25, -0.2) is 4.98 Å². The first-order valence-electron chi connectivity index (χ1n) is 15.9. The smallest absolute Gasteiger partial charge is 0.243 e. The number of amides is 3. The van der Waals surface area contributed by atoms with Gasteiger partial charge in [-0.1, -0.05) is 25.0 Å². The Hall–Kier alpha value is -3.86. The molecule has 3 heterocycles. The van der Waals surface area contributed by atoms with Crippen molar-refractivity contribution in [2.45, 2.75) is 101 Å². The summed E-state index contributed by atoms with van der Waals surface area (Å²) in [6, 6.07) is 3.97. The molecule has 2 aromatic rings. The van der Waals surface area contributed by atoms with Crippen LogP contribution in [0, 0.1) is 12.8 Å². The van der Waals surface area contributed by atoms with E-state index in [-0.39, 0.29) is 30.9 Å². The van der Waals surface area contributed by atoms with Gasteiger partial charge in [0.25, 0.3) is 0 Å².